The van der Waals surface area contributed by atoms with Gasteiger partial charge >= 0.3 is 0 Å². The molecule has 0 spiro atoms. The summed E-state index contributed by atoms with van der Waals surface area (Å²) in [6, 6.07) is 11.8. The molecule has 0 aliphatic carbocycles. The van der Waals surface area contributed by atoms with Crippen molar-refractivity contribution in [3.63, 3.8) is 0 Å². The van der Waals surface area contributed by atoms with E-state index < -0.39 is 0 Å². The molecule has 1 aromatic heterocycles. The Labute approximate surface area is 94.3 Å². The second-order valence-electron chi connectivity index (χ2n) is 3.41. The van der Waals surface area contributed by atoms with Gasteiger partial charge in [-0.25, -0.2) is 0 Å². The van der Waals surface area contributed by atoms with Crippen LogP contribution in [0.25, 0.3) is 0 Å². The first-order valence-corrected chi connectivity index (χ1v) is 4.97. The van der Waals surface area contributed by atoms with Crippen LogP contribution in [0, 0.1) is 6.07 Å². The van der Waals surface area contributed by atoms with Crippen molar-refractivity contribution in [2.45, 2.75) is 6.42 Å². The molecule has 1 N–H and O–H groups in total. The van der Waals surface area contributed by atoms with Gasteiger partial charge in [0.25, 0.3) is 0 Å². The van der Waals surface area contributed by atoms with Crippen LogP contribution in [-0.4, -0.2) is 17.2 Å². The van der Waals surface area contributed by atoms with Crippen LogP contribution in [0.3, 0.4) is 0 Å². The number of phenols is 1. The molecule has 3 heteroatoms. The lowest BCUT2D eigenvalue weighted by atomic mass is 10.1. The Morgan fingerprint density at radius 2 is 2.31 bits per heavy atom. The highest BCUT2D eigenvalue weighted by atomic mass is 16.5. The Balaban J connectivity index is 2.24. The summed E-state index contributed by atoms with van der Waals surface area (Å²) in [5.41, 5.74) is 1.66. The van der Waals surface area contributed by atoms with Gasteiger partial charge in [0.15, 0.2) is 0 Å². The molecule has 2 aromatic rings. The summed E-state index contributed by atoms with van der Waals surface area (Å²) >= 11 is 0. The van der Waals surface area contributed by atoms with Gasteiger partial charge in [0.1, 0.15) is 11.5 Å². The van der Waals surface area contributed by atoms with Crippen LogP contribution in [0.15, 0.2) is 36.5 Å². The average molecular weight is 214 g/mol. The van der Waals surface area contributed by atoms with Crippen LogP contribution >= 0.6 is 0 Å². The Morgan fingerprint density at radius 3 is 3.06 bits per heavy atom. The maximum atomic E-state index is 9.58. The minimum absolute atomic E-state index is 0.173. The maximum absolute atomic E-state index is 9.58. The zero-order valence-electron chi connectivity index (χ0n) is 8.97. The van der Waals surface area contributed by atoms with E-state index in [2.05, 4.69) is 11.1 Å². The minimum Gasteiger partial charge on any atom is -0.507 e. The van der Waals surface area contributed by atoms with Crippen molar-refractivity contribution in [2.75, 3.05) is 7.11 Å². The van der Waals surface area contributed by atoms with Crippen LogP contribution in [0.5, 0.6) is 11.5 Å². The molecular formula is C13H12NO2. The summed E-state index contributed by atoms with van der Waals surface area (Å²) in [6.07, 6.45) is 2.26. The molecule has 81 valence electrons. The van der Waals surface area contributed by atoms with Gasteiger partial charge in [-0.3, -0.25) is 4.98 Å². The SMILES string of the molecule is COc1ccnc(Cc2ccc[c]c2O)c1. The van der Waals surface area contributed by atoms with E-state index >= 15 is 0 Å². The van der Waals surface area contributed by atoms with Crippen molar-refractivity contribution < 1.29 is 9.84 Å². The minimum atomic E-state index is 0.173. The lowest BCUT2D eigenvalue weighted by Gasteiger charge is -2.05. The van der Waals surface area contributed by atoms with E-state index in [4.69, 9.17) is 4.74 Å². The molecule has 0 saturated carbocycles. The van der Waals surface area contributed by atoms with Gasteiger partial charge in [0.2, 0.25) is 0 Å². The van der Waals surface area contributed by atoms with Gasteiger partial charge in [0.05, 0.1) is 7.11 Å². The number of nitrogens with zero attached hydrogens (tertiary/aromatic N) is 1. The van der Waals surface area contributed by atoms with E-state index in [-0.39, 0.29) is 5.75 Å². The molecule has 2 rings (SSSR count). The Hall–Kier alpha value is -2.03. The normalized spacial score (nSPS) is 10.1. The number of hydrogen-bond donors (Lipinski definition) is 1. The van der Waals surface area contributed by atoms with Gasteiger partial charge in [-0.05, 0) is 6.07 Å². The van der Waals surface area contributed by atoms with Gasteiger partial charge in [0, 0.05) is 36.0 Å². The van der Waals surface area contributed by atoms with E-state index in [0.29, 0.717) is 6.42 Å². The van der Waals surface area contributed by atoms with E-state index in [1.54, 1.807) is 25.4 Å². The lowest BCUT2D eigenvalue weighted by Crippen LogP contribution is -1.93. The average Bonchev–Trinajstić information content (AvgIpc) is 2.32. The van der Waals surface area contributed by atoms with E-state index in [0.717, 1.165) is 17.0 Å². The number of rotatable bonds is 3. The molecule has 0 aliphatic rings. The highest BCUT2D eigenvalue weighted by Crippen LogP contribution is 2.19. The first-order chi connectivity index (χ1) is 7.79. The summed E-state index contributed by atoms with van der Waals surface area (Å²) in [5.74, 6) is 0.941. The lowest BCUT2D eigenvalue weighted by molar-refractivity contribution is 0.413. The van der Waals surface area contributed by atoms with Crippen molar-refractivity contribution in [1.29, 1.82) is 0 Å². The predicted octanol–water partition coefficient (Wildman–Crippen LogP) is 2.19. The molecule has 0 fully saturated rings. The molecule has 1 aromatic carbocycles. The van der Waals surface area contributed by atoms with Crippen LogP contribution in [0.4, 0.5) is 0 Å². The molecule has 0 aliphatic heterocycles. The van der Waals surface area contributed by atoms with E-state index in [9.17, 15) is 5.11 Å². The molecule has 1 heterocycles. The molecule has 0 amide bonds. The zero-order chi connectivity index (χ0) is 11.4. The highest BCUT2D eigenvalue weighted by molar-refractivity contribution is 5.35. The van der Waals surface area contributed by atoms with Crippen LogP contribution in [0.1, 0.15) is 11.3 Å². The Bertz CT molecular complexity index is 483. The fourth-order valence-electron chi connectivity index (χ4n) is 1.48. The topological polar surface area (TPSA) is 42.4 Å². The van der Waals surface area contributed by atoms with Crippen molar-refractivity contribution >= 4 is 0 Å². The van der Waals surface area contributed by atoms with Crippen LogP contribution < -0.4 is 4.74 Å². The molecule has 0 bridgehead atoms. The molecule has 3 nitrogen and oxygen atoms in total. The first kappa shape index (κ1) is 10.5. The van der Waals surface area contributed by atoms with Crippen LogP contribution in [0.2, 0.25) is 0 Å². The summed E-state index contributed by atoms with van der Waals surface area (Å²) in [4.78, 5) is 4.22. The highest BCUT2D eigenvalue weighted by Gasteiger charge is 2.03. The van der Waals surface area contributed by atoms with Gasteiger partial charge in [-0.15, -0.1) is 0 Å². The third-order valence-electron chi connectivity index (χ3n) is 2.31. The molecule has 16 heavy (non-hydrogen) atoms. The third kappa shape index (κ3) is 2.31. The number of aromatic hydroxyl groups is 1. The Morgan fingerprint density at radius 1 is 1.44 bits per heavy atom. The van der Waals surface area contributed by atoms with Crippen molar-refractivity contribution in [3.8, 4) is 11.5 Å². The van der Waals surface area contributed by atoms with E-state index in [1.807, 2.05) is 18.2 Å². The second kappa shape index (κ2) is 4.66. The number of para-hydroxylation sites is 1. The number of aromatic nitrogens is 1. The summed E-state index contributed by atoms with van der Waals surface area (Å²) in [7, 11) is 1.62. The first-order valence-electron chi connectivity index (χ1n) is 4.97. The van der Waals surface area contributed by atoms with E-state index in [1.165, 1.54) is 0 Å². The van der Waals surface area contributed by atoms with Gasteiger partial charge in [-0.1, -0.05) is 18.2 Å². The summed E-state index contributed by atoms with van der Waals surface area (Å²) < 4.78 is 5.11. The van der Waals surface area contributed by atoms with Crippen molar-refractivity contribution in [1.82, 2.24) is 4.98 Å². The fourth-order valence-corrected chi connectivity index (χ4v) is 1.48. The maximum Gasteiger partial charge on any atom is 0.127 e. The Kier molecular flexibility index (Phi) is 3.05. The van der Waals surface area contributed by atoms with Gasteiger partial charge < -0.3 is 9.84 Å². The fraction of sp³-hybridized carbons (Fsp3) is 0.154. The molecule has 0 unspecified atom stereocenters. The molecule has 0 atom stereocenters. The smallest absolute Gasteiger partial charge is 0.127 e. The second-order valence-corrected chi connectivity index (χ2v) is 3.41. The number of ether oxygens (including phenoxy) is 1. The molecular weight excluding hydrogens is 202 g/mol. The standard InChI is InChI=1S/C13H12NO2/c1-16-12-6-7-14-11(9-12)8-10-4-2-3-5-13(10)15/h2-4,6-7,9,15H,8H2,1H3. The zero-order valence-corrected chi connectivity index (χ0v) is 8.97. The predicted molar refractivity (Wildman–Crippen MR) is 60.5 cm³/mol. The third-order valence-corrected chi connectivity index (χ3v) is 2.31. The van der Waals surface area contributed by atoms with Crippen molar-refractivity contribution in [3.05, 3.63) is 53.9 Å². The summed E-state index contributed by atoms with van der Waals surface area (Å²) in [5, 5.41) is 9.58. The number of benzene rings is 1. The van der Waals surface area contributed by atoms with Crippen molar-refractivity contribution in [2.24, 2.45) is 0 Å². The number of pyridine rings is 1. The quantitative estimate of drug-likeness (QED) is 0.851. The largest absolute Gasteiger partial charge is 0.507 e. The number of methoxy groups -OCH3 is 1. The van der Waals surface area contributed by atoms with Crippen LogP contribution in [-0.2, 0) is 6.42 Å². The number of hydrogen-bond acceptors (Lipinski definition) is 3. The molecule has 0 saturated heterocycles. The summed E-state index contributed by atoms with van der Waals surface area (Å²) in [6.45, 7) is 0. The van der Waals surface area contributed by atoms with Gasteiger partial charge in [-0.2, -0.15) is 0 Å². The molecule has 1 radical (unpaired) electrons. The monoisotopic (exact) mass is 214 g/mol. The number of phenolic OH excluding ortho intramolecular Hbond substituents is 1.